The predicted molar refractivity (Wildman–Crippen MR) is 132 cm³/mol. The fourth-order valence-electron chi connectivity index (χ4n) is 4.58. The number of amidine groups is 1. The number of rotatable bonds is 5. The second kappa shape index (κ2) is 9.28. The number of ether oxygens (including phenoxy) is 2. The standard InChI is InChI=1S/C27H25F5N4O3/c1-16-14-35(15-33-16)21-6-5-17(9-23(21)37-4)22-13-24-34-39-26(3,36(24)7-8-38-22)19-10-18(25(2,28)29)11-20(12-19)27(30,31)32/h5-6,9-15H,7-8H2,1-4H3. The summed E-state index contributed by atoms with van der Waals surface area (Å²) in [5, 5.41) is 4.09. The molecule has 3 aromatic rings. The maximum Gasteiger partial charge on any atom is 0.416 e. The van der Waals surface area contributed by atoms with Gasteiger partial charge >= 0.3 is 6.18 Å². The zero-order valence-corrected chi connectivity index (χ0v) is 21.5. The second-order valence-corrected chi connectivity index (χ2v) is 9.53. The largest absolute Gasteiger partial charge is 0.495 e. The van der Waals surface area contributed by atoms with E-state index in [-0.39, 0.29) is 24.6 Å². The van der Waals surface area contributed by atoms with Crippen molar-refractivity contribution in [3.63, 3.8) is 0 Å². The SMILES string of the molecule is COc1cc(C2=CC3=NOC(C)(c4cc(C(C)(F)F)cc(C(F)(F)F)c4)N3CCO2)ccc1-n1cnc(C)c1. The molecule has 0 N–H and O–H groups in total. The minimum absolute atomic E-state index is 0.105. The zero-order valence-electron chi connectivity index (χ0n) is 21.5. The normalized spacial score (nSPS) is 19.5. The van der Waals surface area contributed by atoms with Crippen molar-refractivity contribution in [2.45, 2.75) is 38.6 Å². The van der Waals surface area contributed by atoms with Gasteiger partial charge in [-0.2, -0.15) is 13.2 Å². The van der Waals surface area contributed by atoms with Gasteiger partial charge in [0.15, 0.2) is 5.84 Å². The summed E-state index contributed by atoms with van der Waals surface area (Å²) in [6, 6.07) is 7.73. The first-order chi connectivity index (χ1) is 18.3. The molecule has 5 rings (SSSR count). The van der Waals surface area contributed by atoms with Crippen LogP contribution in [0.15, 0.2) is 60.2 Å². The maximum atomic E-state index is 14.2. The Morgan fingerprint density at radius 3 is 2.44 bits per heavy atom. The lowest BCUT2D eigenvalue weighted by molar-refractivity contribution is -0.138. The molecule has 2 aliphatic rings. The lowest BCUT2D eigenvalue weighted by Gasteiger charge is -2.34. The molecule has 2 aromatic carbocycles. The lowest BCUT2D eigenvalue weighted by atomic mass is 9.95. The number of hydrogen-bond acceptors (Lipinski definition) is 6. The van der Waals surface area contributed by atoms with Crippen molar-refractivity contribution < 1.29 is 36.3 Å². The van der Waals surface area contributed by atoms with E-state index in [4.69, 9.17) is 14.3 Å². The average Bonchev–Trinajstić information content (AvgIpc) is 3.37. The highest BCUT2D eigenvalue weighted by Gasteiger charge is 2.46. The van der Waals surface area contributed by atoms with E-state index >= 15 is 0 Å². The van der Waals surface area contributed by atoms with Gasteiger partial charge in [0, 0.05) is 42.8 Å². The first-order valence-corrected chi connectivity index (χ1v) is 12.0. The van der Waals surface area contributed by atoms with E-state index in [9.17, 15) is 22.0 Å². The summed E-state index contributed by atoms with van der Waals surface area (Å²) in [6.45, 7) is 4.21. The van der Waals surface area contributed by atoms with Gasteiger partial charge in [0.25, 0.3) is 5.92 Å². The summed E-state index contributed by atoms with van der Waals surface area (Å²) in [6.07, 6.45) is 0.294. The number of halogens is 5. The molecule has 0 aliphatic carbocycles. The zero-order chi connectivity index (χ0) is 28.2. The Hall–Kier alpha value is -4.09. The number of benzene rings is 2. The molecule has 0 spiro atoms. The van der Waals surface area contributed by atoms with Crippen LogP contribution in [0.5, 0.6) is 5.75 Å². The Kier molecular flexibility index (Phi) is 6.31. The van der Waals surface area contributed by atoms with E-state index in [1.807, 2.05) is 29.8 Å². The molecule has 0 radical (unpaired) electrons. The Balaban J connectivity index is 1.50. The summed E-state index contributed by atoms with van der Waals surface area (Å²) in [5.74, 6) is -2.23. The molecule has 12 heteroatoms. The van der Waals surface area contributed by atoms with Crippen LogP contribution >= 0.6 is 0 Å². The lowest BCUT2D eigenvalue weighted by Crippen LogP contribution is -2.44. The van der Waals surface area contributed by atoms with Crippen LogP contribution in [0.1, 0.15) is 41.8 Å². The smallest absolute Gasteiger partial charge is 0.416 e. The third-order valence-electron chi connectivity index (χ3n) is 6.70. The number of alkyl halides is 5. The van der Waals surface area contributed by atoms with Gasteiger partial charge in [-0.1, -0.05) is 5.16 Å². The van der Waals surface area contributed by atoms with Gasteiger partial charge in [0.2, 0.25) is 5.72 Å². The molecule has 1 unspecified atom stereocenters. The van der Waals surface area contributed by atoms with Gasteiger partial charge < -0.3 is 23.8 Å². The number of fused-ring (bicyclic) bond motifs is 1. The van der Waals surface area contributed by atoms with Gasteiger partial charge in [-0.25, -0.2) is 13.8 Å². The average molecular weight is 549 g/mol. The molecule has 2 aliphatic heterocycles. The number of imidazole rings is 1. The van der Waals surface area contributed by atoms with Crippen molar-refractivity contribution in [3.8, 4) is 11.4 Å². The number of aromatic nitrogens is 2. The molecular weight excluding hydrogens is 523 g/mol. The van der Waals surface area contributed by atoms with Crippen LogP contribution in [-0.2, 0) is 27.4 Å². The highest BCUT2D eigenvalue weighted by atomic mass is 19.4. The number of hydrogen-bond donors (Lipinski definition) is 0. The van der Waals surface area contributed by atoms with Gasteiger partial charge in [-0.3, -0.25) is 0 Å². The van der Waals surface area contributed by atoms with E-state index in [0.717, 1.165) is 23.5 Å². The highest BCUT2D eigenvalue weighted by molar-refractivity contribution is 5.99. The Morgan fingerprint density at radius 1 is 1.05 bits per heavy atom. The molecule has 0 saturated carbocycles. The van der Waals surface area contributed by atoms with E-state index in [0.29, 0.717) is 30.1 Å². The topological polar surface area (TPSA) is 61.1 Å². The van der Waals surface area contributed by atoms with Crippen molar-refractivity contribution in [1.29, 1.82) is 0 Å². The van der Waals surface area contributed by atoms with Crippen LogP contribution in [0.3, 0.4) is 0 Å². The molecule has 7 nitrogen and oxygen atoms in total. The summed E-state index contributed by atoms with van der Waals surface area (Å²) >= 11 is 0. The highest BCUT2D eigenvalue weighted by Crippen LogP contribution is 2.42. The van der Waals surface area contributed by atoms with Crippen LogP contribution in [-0.4, -0.2) is 40.5 Å². The Morgan fingerprint density at radius 2 is 1.79 bits per heavy atom. The minimum atomic E-state index is -4.83. The molecule has 206 valence electrons. The van der Waals surface area contributed by atoms with Gasteiger partial charge in [-0.05, 0) is 43.3 Å². The third-order valence-corrected chi connectivity index (χ3v) is 6.70. The maximum absolute atomic E-state index is 14.2. The first kappa shape index (κ1) is 26.5. The van der Waals surface area contributed by atoms with Crippen LogP contribution in [0.25, 0.3) is 11.4 Å². The molecule has 0 bridgehead atoms. The summed E-state index contributed by atoms with van der Waals surface area (Å²) in [5.41, 5.74) is -1.38. The van der Waals surface area contributed by atoms with Crippen LogP contribution in [0.2, 0.25) is 0 Å². The third kappa shape index (κ3) is 4.90. The summed E-state index contributed by atoms with van der Waals surface area (Å²) in [4.78, 5) is 11.5. The van der Waals surface area contributed by atoms with E-state index in [2.05, 4.69) is 10.1 Å². The molecular formula is C27H25F5N4O3. The Labute approximate surface area is 221 Å². The number of methoxy groups -OCH3 is 1. The van der Waals surface area contributed by atoms with Gasteiger partial charge in [-0.15, -0.1) is 0 Å². The van der Waals surface area contributed by atoms with Crippen molar-refractivity contribution in [1.82, 2.24) is 14.5 Å². The fraction of sp³-hybridized carbons (Fsp3) is 0.333. The molecule has 3 heterocycles. The molecule has 0 saturated heterocycles. The summed E-state index contributed by atoms with van der Waals surface area (Å²) < 4.78 is 82.5. The van der Waals surface area contributed by atoms with Crippen LogP contribution in [0, 0.1) is 6.92 Å². The van der Waals surface area contributed by atoms with E-state index in [1.165, 1.54) is 6.92 Å². The summed E-state index contributed by atoms with van der Waals surface area (Å²) in [7, 11) is 1.54. The van der Waals surface area contributed by atoms with Crippen molar-refractivity contribution in [2.75, 3.05) is 20.3 Å². The Bertz CT molecular complexity index is 1440. The number of nitrogens with zero attached hydrogens (tertiary/aromatic N) is 4. The van der Waals surface area contributed by atoms with E-state index in [1.54, 1.807) is 30.5 Å². The number of oxime groups is 1. The van der Waals surface area contributed by atoms with Crippen molar-refractivity contribution >= 4 is 11.6 Å². The molecule has 1 aromatic heterocycles. The van der Waals surface area contributed by atoms with Crippen molar-refractivity contribution in [2.24, 2.45) is 5.16 Å². The van der Waals surface area contributed by atoms with Crippen molar-refractivity contribution in [3.05, 3.63) is 82.9 Å². The molecule has 39 heavy (non-hydrogen) atoms. The quantitative estimate of drug-likeness (QED) is 0.355. The molecule has 0 amide bonds. The molecule has 0 fully saturated rings. The molecule has 1 atom stereocenters. The van der Waals surface area contributed by atoms with Crippen LogP contribution in [0.4, 0.5) is 22.0 Å². The second-order valence-electron chi connectivity index (χ2n) is 9.53. The van der Waals surface area contributed by atoms with Gasteiger partial charge in [0.05, 0.1) is 36.9 Å². The predicted octanol–water partition coefficient (Wildman–Crippen LogP) is 6.21. The van der Waals surface area contributed by atoms with E-state index < -0.39 is 29.0 Å². The van der Waals surface area contributed by atoms with Gasteiger partial charge in [0.1, 0.15) is 18.1 Å². The van der Waals surface area contributed by atoms with Crippen LogP contribution < -0.4 is 4.74 Å². The first-order valence-electron chi connectivity index (χ1n) is 12.0. The number of aryl methyl sites for hydroxylation is 1. The monoisotopic (exact) mass is 548 g/mol. The minimum Gasteiger partial charge on any atom is -0.495 e. The fourth-order valence-corrected chi connectivity index (χ4v) is 4.58.